The standard InChI is InChI=1S/C21H23N3O2S.2ClH/c1-21(2)13-24(11-10-16(21)22)20(25)18-17(14-7-4-3-5-8-14)23-19(27-18)15-9-6-12-26-15;;/h3-9,12,16H,10-11,13,22H2,1-2H3;2*1H. The second-order valence-electron chi connectivity index (χ2n) is 7.65. The van der Waals surface area contributed by atoms with E-state index in [1.54, 1.807) is 6.26 Å². The maximum Gasteiger partial charge on any atom is 0.266 e. The molecule has 5 nitrogen and oxygen atoms in total. The van der Waals surface area contributed by atoms with E-state index in [0.29, 0.717) is 29.4 Å². The molecule has 3 heterocycles. The summed E-state index contributed by atoms with van der Waals surface area (Å²) in [5.74, 6) is 0.696. The minimum Gasteiger partial charge on any atom is -0.462 e. The Balaban J connectivity index is 0.00000150. The molecule has 4 rings (SSSR count). The summed E-state index contributed by atoms with van der Waals surface area (Å²) in [6.07, 6.45) is 2.43. The Hall–Kier alpha value is -1.86. The minimum absolute atomic E-state index is 0. The molecular formula is C21H25Cl2N3O2S. The van der Waals surface area contributed by atoms with Crippen LogP contribution < -0.4 is 5.73 Å². The van der Waals surface area contributed by atoms with Crippen molar-refractivity contribution in [2.75, 3.05) is 13.1 Å². The summed E-state index contributed by atoms with van der Waals surface area (Å²) in [5, 5.41) is 0.718. The Labute approximate surface area is 187 Å². The van der Waals surface area contributed by atoms with E-state index in [9.17, 15) is 4.79 Å². The number of nitrogens with two attached hydrogens (primary N) is 1. The quantitative estimate of drug-likeness (QED) is 0.597. The zero-order chi connectivity index (χ0) is 19.0. The molecule has 1 aliphatic rings. The first kappa shape index (κ1) is 23.4. The molecule has 1 atom stereocenters. The van der Waals surface area contributed by atoms with Crippen LogP contribution in [0, 0.1) is 5.41 Å². The van der Waals surface area contributed by atoms with Gasteiger partial charge in [0.15, 0.2) is 10.8 Å². The van der Waals surface area contributed by atoms with Crippen LogP contribution in [-0.4, -0.2) is 34.9 Å². The molecule has 1 aromatic carbocycles. The van der Waals surface area contributed by atoms with E-state index in [1.807, 2.05) is 47.4 Å². The fraction of sp³-hybridized carbons (Fsp3) is 0.333. The van der Waals surface area contributed by atoms with Crippen LogP contribution in [-0.2, 0) is 0 Å². The number of carbonyl (C=O) groups excluding carboxylic acids is 1. The monoisotopic (exact) mass is 453 g/mol. The summed E-state index contributed by atoms with van der Waals surface area (Å²) in [5.41, 5.74) is 7.79. The zero-order valence-electron chi connectivity index (χ0n) is 16.3. The van der Waals surface area contributed by atoms with Gasteiger partial charge in [-0.15, -0.1) is 36.2 Å². The fourth-order valence-corrected chi connectivity index (χ4v) is 4.48. The summed E-state index contributed by atoms with van der Waals surface area (Å²) in [7, 11) is 0. The van der Waals surface area contributed by atoms with Crippen molar-refractivity contribution < 1.29 is 9.21 Å². The van der Waals surface area contributed by atoms with Gasteiger partial charge in [0, 0.05) is 24.7 Å². The van der Waals surface area contributed by atoms with E-state index in [-0.39, 0.29) is 42.2 Å². The van der Waals surface area contributed by atoms with Crippen molar-refractivity contribution in [3.63, 3.8) is 0 Å². The lowest BCUT2D eigenvalue weighted by molar-refractivity contribution is 0.0538. The van der Waals surface area contributed by atoms with Crippen LogP contribution in [0.4, 0.5) is 0 Å². The maximum atomic E-state index is 13.4. The van der Waals surface area contributed by atoms with Crippen molar-refractivity contribution >= 4 is 42.1 Å². The number of thiazole rings is 1. The molecule has 3 aromatic rings. The van der Waals surface area contributed by atoms with E-state index in [4.69, 9.17) is 15.1 Å². The third-order valence-electron chi connectivity index (χ3n) is 5.20. The van der Waals surface area contributed by atoms with Gasteiger partial charge in [-0.3, -0.25) is 4.79 Å². The Morgan fingerprint density at radius 2 is 1.93 bits per heavy atom. The third-order valence-corrected chi connectivity index (χ3v) is 6.26. The molecule has 29 heavy (non-hydrogen) atoms. The lowest BCUT2D eigenvalue weighted by Gasteiger charge is -2.42. The first-order chi connectivity index (χ1) is 13.0. The van der Waals surface area contributed by atoms with Crippen molar-refractivity contribution in [1.29, 1.82) is 0 Å². The number of aromatic nitrogens is 1. The highest BCUT2D eigenvalue weighted by molar-refractivity contribution is 7.17. The lowest BCUT2D eigenvalue weighted by atomic mass is 9.79. The SMILES string of the molecule is CC1(C)CN(C(=O)c2sc(-c3ccco3)nc2-c2ccccc2)CCC1N.Cl.Cl. The number of nitrogens with zero attached hydrogens (tertiary/aromatic N) is 2. The molecule has 1 saturated heterocycles. The number of likely N-dealkylation sites (tertiary alicyclic amines) is 1. The molecule has 1 unspecified atom stereocenters. The van der Waals surface area contributed by atoms with Crippen molar-refractivity contribution in [3.8, 4) is 22.0 Å². The number of carbonyl (C=O) groups is 1. The maximum absolute atomic E-state index is 13.4. The molecule has 0 bridgehead atoms. The van der Waals surface area contributed by atoms with Crippen LogP contribution in [0.3, 0.4) is 0 Å². The van der Waals surface area contributed by atoms with Crippen molar-refractivity contribution in [3.05, 3.63) is 53.6 Å². The number of hydrogen-bond donors (Lipinski definition) is 1. The van der Waals surface area contributed by atoms with Gasteiger partial charge in [0.1, 0.15) is 4.88 Å². The average molecular weight is 454 g/mol. The third kappa shape index (κ3) is 4.67. The highest BCUT2D eigenvalue weighted by atomic mass is 35.5. The minimum atomic E-state index is -0.102. The molecule has 1 aliphatic heterocycles. The molecule has 156 valence electrons. The predicted molar refractivity (Wildman–Crippen MR) is 122 cm³/mol. The summed E-state index contributed by atoms with van der Waals surface area (Å²) in [6.45, 7) is 5.56. The molecular weight excluding hydrogens is 429 g/mol. The smallest absolute Gasteiger partial charge is 0.266 e. The van der Waals surface area contributed by atoms with Crippen LogP contribution in [0.25, 0.3) is 22.0 Å². The molecule has 0 spiro atoms. The van der Waals surface area contributed by atoms with Gasteiger partial charge >= 0.3 is 0 Å². The van der Waals surface area contributed by atoms with Gasteiger partial charge in [-0.25, -0.2) is 4.98 Å². The molecule has 0 aliphatic carbocycles. The Kier molecular flexibility index (Phi) is 7.51. The number of rotatable bonds is 3. The highest BCUT2D eigenvalue weighted by Crippen LogP contribution is 2.36. The summed E-state index contributed by atoms with van der Waals surface area (Å²) in [4.78, 5) is 20.7. The first-order valence-corrected chi connectivity index (χ1v) is 9.92. The molecule has 1 amide bonds. The molecule has 0 saturated carbocycles. The number of amides is 1. The lowest BCUT2D eigenvalue weighted by Crippen LogP contribution is -2.53. The van der Waals surface area contributed by atoms with Crippen LogP contribution in [0.2, 0.25) is 0 Å². The zero-order valence-corrected chi connectivity index (χ0v) is 18.8. The van der Waals surface area contributed by atoms with Gasteiger partial charge in [-0.2, -0.15) is 0 Å². The molecule has 0 radical (unpaired) electrons. The van der Waals surface area contributed by atoms with Crippen molar-refractivity contribution in [2.24, 2.45) is 11.1 Å². The molecule has 1 fully saturated rings. The molecule has 8 heteroatoms. The van der Waals surface area contributed by atoms with E-state index >= 15 is 0 Å². The van der Waals surface area contributed by atoms with Crippen LogP contribution >= 0.6 is 36.2 Å². The molecule has 2 N–H and O–H groups in total. The topological polar surface area (TPSA) is 72.4 Å². The van der Waals surface area contributed by atoms with Gasteiger partial charge in [-0.05, 0) is 24.0 Å². The van der Waals surface area contributed by atoms with Crippen LogP contribution in [0.15, 0.2) is 53.1 Å². The van der Waals surface area contributed by atoms with Crippen LogP contribution in [0.1, 0.15) is 29.9 Å². The number of furan rings is 1. The number of halogens is 2. The van der Waals surface area contributed by atoms with E-state index in [1.165, 1.54) is 11.3 Å². The van der Waals surface area contributed by atoms with E-state index in [0.717, 1.165) is 17.0 Å². The van der Waals surface area contributed by atoms with Gasteiger partial charge < -0.3 is 15.1 Å². The Morgan fingerprint density at radius 1 is 1.21 bits per heavy atom. The van der Waals surface area contributed by atoms with Gasteiger partial charge in [0.2, 0.25) is 0 Å². The van der Waals surface area contributed by atoms with Crippen LogP contribution in [0.5, 0.6) is 0 Å². The largest absolute Gasteiger partial charge is 0.462 e. The molecule has 2 aromatic heterocycles. The second kappa shape index (κ2) is 9.30. The summed E-state index contributed by atoms with van der Waals surface area (Å²) in [6, 6.07) is 13.6. The first-order valence-electron chi connectivity index (χ1n) is 9.11. The summed E-state index contributed by atoms with van der Waals surface area (Å²) >= 11 is 1.39. The summed E-state index contributed by atoms with van der Waals surface area (Å²) < 4.78 is 5.50. The average Bonchev–Trinajstić information content (AvgIpc) is 3.33. The van der Waals surface area contributed by atoms with Gasteiger partial charge in [-0.1, -0.05) is 44.2 Å². The second-order valence-corrected chi connectivity index (χ2v) is 8.65. The number of hydrogen-bond acceptors (Lipinski definition) is 5. The normalized spacial score (nSPS) is 17.9. The predicted octanol–water partition coefficient (Wildman–Crippen LogP) is 5.11. The highest BCUT2D eigenvalue weighted by Gasteiger charge is 2.37. The van der Waals surface area contributed by atoms with Crippen molar-refractivity contribution in [1.82, 2.24) is 9.88 Å². The Bertz CT molecular complexity index is 942. The number of piperidine rings is 1. The van der Waals surface area contributed by atoms with E-state index in [2.05, 4.69) is 13.8 Å². The fourth-order valence-electron chi connectivity index (χ4n) is 3.45. The number of benzene rings is 1. The van der Waals surface area contributed by atoms with Gasteiger partial charge in [0.25, 0.3) is 5.91 Å². The van der Waals surface area contributed by atoms with Gasteiger partial charge in [0.05, 0.1) is 12.0 Å². The Morgan fingerprint density at radius 3 is 2.55 bits per heavy atom. The van der Waals surface area contributed by atoms with Crippen molar-refractivity contribution in [2.45, 2.75) is 26.3 Å². The van der Waals surface area contributed by atoms with E-state index < -0.39 is 0 Å².